The van der Waals surface area contributed by atoms with E-state index in [4.69, 9.17) is 14.2 Å². The highest BCUT2D eigenvalue weighted by Gasteiger charge is 2.63. The maximum absolute atomic E-state index is 14.9. The molecule has 0 radical (unpaired) electrons. The molecule has 2 saturated carbocycles. The highest BCUT2D eigenvalue weighted by Crippen LogP contribution is 2.63. The number of hydrogen-bond acceptors (Lipinski definition) is 5. The number of aliphatic carboxylic acids is 1. The molecule has 0 aromatic heterocycles. The Balaban J connectivity index is 0.000000174. The zero-order chi connectivity index (χ0) is 49.9. The van der Waals surface area contributed by atoms with Crippen LogP contribution in [0.4, 0.5) is 8.78 Å². The summed E-state index contributed by atoms with van der Waals surface area (Å²) in [7, 11) is 0. The smallest absolute Gasteiger partial charge is 0.309 e. The van der Waals surface area contributed by atoms with E-state index in [9.17, 15) is 23.5 Å². The van der Waals surface area contributed by atoms with Crippen LogP contribution < -0.4 is 9.47 Å². The third kappa shape index (κ3) is 9.51. The Bertz CT molecular complexity index is 3010. The van der Waals surface area contributed by atoms with Crippen LogP contribution in [0.1, 0.15) is 130 Å². The molecule has 0 saturated heterocycles. The van der Waals surface area contributed by atoms with Crippen LogP contribution in [0.15, 0.2) is 109 Å². The molecule has 1 N–H and O–H groups in total. The summed E-state index contributed by atoms with van der Waals surface area (Å²) in [6, 6.07) is 35.2. The lowest BCUT2D eigenvalue weighted by molar-refractivity contribution is -0.145. The fourth-order valence-corrected chi connectivity index (χ4v) is 11.4. The van der Waals surface area contributed by atoms with Crippen LogP contribution in [0.2, 0.25) is 0 Å². The number of fused-ring (bicyclic) bond motifs is 4. The predicted molar refractivity (Wildman–Crippen MR) is 273 cm³/mol. The van der Waals surface area contributed by atoms with Crippen molar-refractivity contribution in [3.05, 3.63) is 176 Å². The molecule has 6 aromatic rings. The normalized spacial score (nSPS) is 20.6. The van der Waals surface area contributed by atoms with Crippen LogP contribution in [0.3, 0.4) is 0 Å². The predicted octanol–water partition coefficient (Wildman–Crippen LogP) is 14.4. The second kappa shape index (κ2) is 18.5. The quantitative estimate of drug-likeness (QED) is 0.130. The van der Waals surface area contributed by atoms with Gasteiger partial charge in [0.25, 0.3) is 0 Å². The summed E-state index contributed by atoms with van der Waals surface area (Å²) < 4.78 is 47.4. The summed E-state index contributed by atoms with van der Waals surface area (Å²) in [6.07, 6.45) is 5.40. The van der Waals surface area contributed by atoms with Crippen molar-refractivity contribution in [3.8, 4) is 33.8 Å². The summed E-state index contributed by atoms with van der Waals surface area (Å²) in [5.74, 6) is 0.0168. The summed E-state index contributed by atoms with van der Waals surface area (Å²) in [5, 5.41) is 9.50. The molecular weight excluding hydrogens is 879 g/mol. The molecule has 6 nitrogen and oxygen atoms in total. The van der Waals surface area contributed by atoms with Crippen LogP contribution >= 0.6 is 0 Å². The molecule has 70 heavy (non-hydrogen) atoms. The molecule has 2 fully saturated rings. The molecular formula is C62H66F2O6. The Morgan fingerprint density at radius 1 is 0.586 bits per heavy atom. The van der Waals surface area contributed by atoms with Crippen LogP contribution in [0, 0.1) is 37.3 Å². The minimum absolute atomic E-state index is 0.0364. The average Bonchev–Trinajstić information content (AvgIpc) is 4.17. The van der Waals surface area contributed by atoms with Gasteiger partial charge in [0.05, 0.1) is 18.4 Å². The van der Waals surface area contributed by atoms with Gasteiger partial charge in [0.15, 0.2) is 0 Å². The first-order chi connectivity index (χ1) is 33.2. The fraction of sp³-hybridized carbons (Fsp3) is 0.387. The van der Waals surface area contributed by atoms with Gasteiger partial charge in [-0.3, -0.25) is 9.59 Å². The van der Waals surface area contributed by atoms with Gasteiger partial charge in [-0.05, 0) is 186 Å². The van der Waals surface area contributed by atoms with Crippen LogP contribution in [-0.2, 0) is 62.0 Å². The minimum Gasteiger partial charge on any atom is -0.489 e. The fourth-order valence-electron chi connectivity index (χ4n) is 11.4. The minimum atomic E-state index is -0.700. The summed E-state index contributed by atoms with van der Waals surface area (Å²) in [6.45, 7) is 19.8. The van der Waals surface area contributed by atoms with Crippen molar-refractivity contribution in [2.24, 2.45) is 11.8 Å². The molecule has 6 aromatic carbocycles. The first-order valence-electron chi connectivity index (χ1n) is 24.9. The summed E-state index contributed by atoms with van der Waals surface area (Å²) >= 11 is 0. The standard InChI is InChI=1S/C32H35FO3.C30H31FO3/c1-6-35-30(34)28-18-32(28)14-13-22-9-10-23(17-27(22)32)36-19-21-8-11-26(31(3,4)5)24(16-21)25-15-20(2)7-12-29(25)33;1-18-5-10-27(31)23(13-18)22-14-19(6-9-24(22)29(2,3)4)17-34-21-8-7-20-11-12-30(25(20)15-21)16-26(30)28(32)33/h7-12,15-17,28H,6,13-14,18-19H2,1-5H3;5-10,13-15,26H,11-12,16-17H2,1-4H3,(H,32,33)/t28-,32+;26-,30+/m11/s1. The summed E-state index contributed by atoms with van der Waals surface area (Å²) in [5.41, 5.74) is 13.6. The van der Waals surface area contributed by atoms with E-state index in [1.165, 1.54) is 22.8 Å². The molecule has 0 bridgehead atoms. The van der Waals surface area contributed by atoms with Gasteiger partial charge >= 0.3 is 11.9 Å². The second-order valence-corrected chi connectivity index (χ2v) is 22.4. The third-order valence-electron chi connectivity index (χ3n) is 15.4. The molecule has 4 atom stereocenters. The lowest BCUT2D eigenvalue weighted by Gasteiger charge is -2.24. The van der Waals surface area contributed by atoms with Gasteiger partial charge in [-0.2, -0.15) is 0 Å². The Kier molecular flexibility index (Phi) is 12.9. The first-order valence-corrected chi connectivity index (χ1v) is 24.9. The molecule has 4 aliphatic carbocycles. The number of rotatable bonds is 11. The Labute approximate surface area is 412 Å². The van der Waals surface area contributed by atoms with E-state index in [0.717, 1.165) is 100 Å². The molecule has 364 valence electrons. The van der Waals surface area contributed by atoms with Gasteiger partial charge in [0, 0.05) is 22.0 Å². The van der Waals surface area contributed by atoms with E-state index < -0.39 is 5.97 Å². The highest BCUT2D eigenvalue weighted by molar-refractivity contribution is 5.80. The van der Waals surface area contributed by atoms with Crippen molar-refractivity contribution < 1.29 is 37.7 Å². The van der Waals surface area contributed by atoms with Crippen LogP contribution in [0.25, 0.3) is 22.3 Å². The van der Waals surface area contributed by atoms with Crippen LogP contribution in [0.5, 0.6) is 11.5 Å². The van der Waals surface area contributed by atoms with Crippen molar-refractivity contribution >= 4 is 11.9 Å². The highest BCUT2D eigenvalue weighted by atomic mass is 19.1. The zero-order valence-corrected chi connectivity index (χ0v) is 42.2. The largest absolute Gasteiger partial charge is 0.489 e. The van der Waals surface area contributed by atoms with Crippen molar-refractivity contribution in [2.45, 2.75) is 136 Å². The summed E-state index contributed by atoms with van der Waals surface area (Å²) in [4.78, 5) is 23.9. The molecule has 2 spiro atoms. The zero-order valence-electron chi connectivity index (χ0n) is 42.2. The van der Waals surface area contributed by atoms with E-state index in [1.807, 2.05) is 63.2 Å². The maximum Gasteiger partial charge on any atom is 0.309 e. The number of carbonyl (C=O) groups is 2. The second-order valence-electron chi connectivity index (χ2n) is 22.4. The topological polar surface area (TPSA) is 82.1 Å². The van der Waals surface area contributed by atoms with Crippen molar-refractivity contribution in [3.63, 3.8) is 0 Å². The number of esters is 1. The van der Waals surface area contributed by atoms with Crippen molar-refractivity contribution in [2.75, 3.05) is 6.61 Å². The molecule has 0 heterocycles. The van der Waals surface area contributed by atoms with E-state index in [-0.39, 0.29) is 51.1 Å². The van der Waals surface area contributed by atoms with Gasteiger partial charge in [0.1, 0.15) is 36.3 Å². The first kappa shape index (κ1) is 48.7. The number of carboxylic acids is 1. The van der Waals surface area contributed by atoms with Gasteiger partial charge in [0.2, 0.25) is 0 Å². The van der Waals surface area contributed by atoms with Crippen molar-refractivity contribution in [1.29, 1.82) is 0 Å². The number of carboxylic acid groups (broad SMARTS) is 1. The van der Waals surface area contributed by atoms with Gasteiger partial charge < -0.3 is 19.3 Å². The number of ether oxygens (including phenoxy) is 3. The lowest BCUT2D eigenvalue weighted by Crippen LogP contribution is -2.15. The van der Waals surface area contributed by atoms with E-state index in [1.54, 1.807) is 18.2 Å². The number of aryl methyl sites for hydroxylation is 4. The monoisotopic (exact) mass is 944 g/mol. The van der Waals surface area contributed by atoms with E-state index in [2.05, 4.69) is 84.0 Å². The van der Waals surface area contributed by atoms with Crippen LogP contribution in [-0.4, -0.2) is 23.7 Å². The van der Waals surface area contributed by atoms with Gasteiger partial charge in [-0.1, -0.05) is 101 Å². The SMILES string of the molecule is CCOC(=O)[C@H]1C[C@]12CCc1ccc(OCc3ccc(C(C)(C)C)c(-c4cc(C)ccc4F)c3)cc12.Cc1ccc(F)c(-c2cc(COc3ccc4c(c3)[C@]3(CC4)C[C@@H]3C(=O)O)ccc2C(C)(C)C)c1. The molecule has 0 unspecified atom stereocenters. The maximum atomic E-state index is 14.9. The Hall–Kier alpha value is -6.28. The molecule has 4 aliphatic rings. The number of benzene rings is 6. The number of hydrogen-bond donors (Lipinski definition) is 1. The molecule has 8 heteroatoms. The van der Waals surface area contributed by atoms with E-state index in [0.29, 0.717) is 30.9 Å². The third-order valence-corrected chi connectivity index (χ3v) is 15.4. The lowest BCUT2D eigenvalue weighted by atomic mass is 9.81. The van der Waals surface area contributed by atoms with E-state index >= 15 is 0 Å². The Morgan fingerprint density at radius 3 is 1.44 bits per heavy atom. The van der Waals surface area contributed by atoms with Gasteiger partial charge in [-0.15, -0.1) is 0 Å². The Morgan fingerprint density at radius 2 is 1.03 bits per heavy atom. The number of carbonyl (C=O) groups excluding carboxylic acids is 1. The molecule has 10 rings (SSSR count). The van der Waals surface area contributed by atoms with Crippen molar-refractivity contribution in [1.82, 2.24) is 0 Å². The average molecular weight is 945 g/mol. The number of halogens is 2. The molecule has 0 amide bonds. The molecule has 0 aliphatic heterocycles. The van der Waals surface area contributed by atoms with Gasteiger partial charge in [-0.25, -0.2) is 8.78 Å².